The molecule has 0 spiro atoms. The molecular weight excluding hydrogens is 284 g/mol. The quantitative estimate of drug-likeness (QED) is 0.884. The molecule has 0 bridgehead atoms. The summed E-state index contributed by atoms with van der Waals surface area (Å²) in [6.07, 6.45) is 3.54. The zero-order valence-electron chi connectivity index (χ0n) is 12.2. The Hall–Kier alpha value is -2.57. The lowest BCUT2D eigenvalue weighted by atomic mass is 10.1. The molecule has 0 radical (unpaired) electrons. The number of primary amides is 1. The number of nitrogens with two attached hydrogens (primary N) is 1. The number of hydrogen-bond donors (Lipinski definition) is 2. The van der Waals surface area contributed by atoms with Gasteiger partial charge in [0, 0.05) is 24.2 Å². The van der Waals surface area contributed by atoms with E-state index in [2.05, 4.69) is 10.00 Å². The first-order valence-electron chi connectivity index (χ1n) is 7.33. The van der Waals surface area contributed by atoms with Crippen molar-refractivity contribution >= 4 is 28.5 Å². The van der Waals surface area contributed by atoms with Gasteiger partial charge in [-0.3, -0.25) is 14.3 Å². The number of hydrogen-bond acceptors (Lipinski definition) is 4. The van der Waals surface area contributed by atoms with Gasteiger partial charge in [-0.1, -0.05) is 0 Å². The summed E-state index contributed by atoms with van der Waals surface area (Å²) in [6.45, 7) is 1.67. The number of carbonyl (C=O) groups is 2. The zero-order chi connectivity index (χ0) is 15.7. The third-order valence-corrected chi connectivity index (χ3v) is 3.97. The highest BCUT2D eigenvalue weighted by Gasteiger charge is 2.18. The molecule has 1 aromatic carbocycles. The Morgan fingerprint density at radius 1 is 1.23 bits per heavy atom. The molecule has 1 amide bonds. The number of carboxylic acid groups (broad SMARTS) is 1. The minimum atomic E-state index is -1.01. The van der Waals surface area contributed by atoms with Gasteiger partial charge in [-0.2, -0.15) is 5.10 Å². The maximum Gasteiger partial charge on any atom is 0.325 e. The van der Waals surface area contributed by atoms with Crippen molar-refractivity contribution in [1.29, 1.82) is 0 Å². The number of benzene rings is 1. The van der Waals surface area contributed by atoms with Crippen LogP contribution in [0.1, 0.15) is 29.8 Å². The van der Waals surface area contributed by atoms with Crippen molar-refractivity contribution in [2.75, 3.05) is 18.0 Å². The summed E-state index contributed by atoms with van der Waals surface area (Å²) >= 11 is 0. The van der Waals surface area contributed by atoms with E-state index in [1.54, 1.807) is 0 Å². The number of nitrogens with zero attached hydrogens (tertiary/aromatic N) is 3. The standard InChI is InChI=1S/C15H18N4O3/c16-15(22)14-11-8-10(18-6-2-1-3-7-18)4-5-12(11)19(17-14)9-13(20)21/h4-5,8H,1-3,6-7,9H2,(H2,16,22)(H,20,21). The Kier molecular flexibility index (Phi) is 3.70. The van der Waals surface area contributed by atoms with Crippen molar-refractivity contribution < 1.29 is 14.7 Å². The number of amides is 1. The van der Waals surface area contributed by atoms with E-state index in [1.807, 2.05) is 18.2 Å². The second-order valence-corrected chi connectivity index (χ2v) is 5.51. The average Bonchev–Trinajstić information content (AvgIpc) is 2.86. The molecule has 2 heterocycles. The summed E-state index contributed by atoms with van der Waals surface area (Å²) in [7, 11) is 0. The van der Waals surface area contributed by atoms with Gasteiger partial charge in [0.15, 0.2) is 5.69 Å². The van der Waals surface area contributed by atoms with Gasteiger partial charge in [0.2, 0.25) is 0 Å². The van der Waals surface area contributed by atoms with Crippen molar-refractivity contribution in [1.82, 2.24) is 9.78 Å². The van der Waals surface area contributed by atoms with Crippen molar-refractivity contribution in [2.24, 2.45) is 5.73 Å². The first-order valence-corrected chi connectivity index (χ1v) is 7.33. The van der Waals surface area contributed by atoms with Gasteiger partial charge >= 0.3 is 5.97 Å². The summed E-state index contributed by atoms with van der Waals surface area (Å²) in [4.78, 5) is 24.8. The molecule has 1 fully saturated rings. The van der Waals surface area contributed by atoms with Crippen LogP contribution in [0.2, 0.25) is 0 Å². The van der Waals surface area contributed by atoms with Gasteiger partial charge in [0.05, 0.1) is 5.52 Å². The van der Waals surface area contributed by atoms with Crippen LogP contribution in [0, 0.1) is 0 Å². The highest BCUT2D eigenvalue weighted by molar-refractivity contribution is 6.05. The van der Waals surface area contributed by atoms with Crippen LogP contribution in [0.4, 0.5) is 5.69 Å². The van der Waals surface area contributed by atoms with E-state index in [0.717, 1.165) is 31.6 Å². The molecule has 3 N–H and O–H groups in total. The third-order valence-electron chi connectivity index (χ3n) is 3.97. The fourth-order valence-corrected chi connectivity index (χ4v) is 2.95. The van der Waals surface area contributed by atoms with Crippen LogP contribution in [0.3, 0.4) is 0 Å². The zero-order valence-corrected chi connectivity index (χ0v) is 12.2. The fourth-order valence-electron chi connectivity index (χ4n) is 2.95. The molecule has 0 saturated carbocycles. The molecule has 7 nitrogen and oxygen atoms in total. The highest BCUT2D eigenvalue weighted by atomic mass is 16.4. The molecule has 0 atom stereocenters. The van der Waals surface area contributed by atoms with Crippen LogP contribution in [0.25, 0.3) is 10.9 Å². The van der Waals surface area contributed by atoms with Gasteiger partial charge in [-0.25, -0.2) is 0 Å². The summed E-state index contributed by atoms with van der Waals surface area (Å²) in [5.74, 6) is -1.66. The Morgan fingerprint density at radius 2 is 1.95 bits per heavy atom. The van der Waals surface area contributed by atoms with Gasteiger partial charge in [-0.15, -0.1) is 0 Å². The maximum atomic E-state index is 11.6. The minimum Gasteiger partial charge on any atom is -0.480 e. The van der Waals surface area contributed by atoms with Crippen LogP contribution >= 0.6 is 0 Å². The molecule has 2 aromatic rings. The van der Waals surface area contributed by atoms with E-state index >= 15 is 0 Å². The van der Waals surface area contributed by atoms with Crippen molar-refractivity contribution in [3.05, 3.63) is 23.9 Å². The van der Waals surface area contributed by atoms with E-state index in [-0.39, 0.29) is 12.2 Å². The first-order chi connectivity index (χ1) is 10.6. The topological polar surface area (TPSA) is 101 Å². The van der Waals surface area contributed by atoms with Crippen molar-refractivity contribution in [2.45, 2.75) is 25.8 Å². The molecule has 3 rings (SSSR count). The van der Waals surface area contributed by atoms with E-state index in [4.69, 9.17) is 10.8 Å². The largest absolute Gasteiger partial charge is 0.480 e. The number of anilines is 1. The normalized spacial score (nSPS) is 15.2. The number of aliphatic carboxylic acids is 1. The maximum absolute atomic E-state index is 11.6. The Morgan fingerprint density at radius 3 is 2.59 bits per heavy atom. The molecule has 22 heavy (non-hydrogen) atoms. The molecule has 1 aliphatic heterocycles. The number of carbonyl (C=O) groups excluding carboxylic acids is 1. The van der Waals surface area contributed by atoms with Crippen LogP contribution in [-0.2, 0) is 11.3 Å². The Labute approximate surface area is 127 Å². The predicted molar refractivity (Wildman–Crippen MR) is 82.0 cm³/mol. The van der Waals surface area contributed by atoms with E-state index < -0.39 is 11.9 Å². The van der Waals surface area contributed by atoms with Crippen LogP contribution < -0.4 is 10.6 Å². The average molecular weight is 302 g/mol. The van der Waals surface area contributed by atoms with Gasteiger partial charge in [0.1, 0.15) is 6.54 Å². The smallest absolute Gasteiger partial charge is 0.325 e. The second kappa shape index (κ2) is 5.67. The molecule has 0 aliphatic carbocycles. The lowest BCUT2D eigenvalue weighted by molar-refractivity contribution is -0.137. The van der Waals surface area contributed by atoms with Gasteiger partial charge < -0.3 is 15.7 Å². The lowest BCUT2D eigenvalue weighted by Gasteiger charge is -2.28. The summed E-state index contributed by atoms with van der Waals surface area (Å²) < 4.78 is 1.30. The Bertz CT molecular complexity index is 732. The molecule has 1 aromatic heterocycles. The van der Waals surface area contributed by atoms with Crippen LogP contribution in [0.5, 0.6) is 0 Å². The summed E-state index contributed by atoms with van der Waals surface area (Å²) in [5, 5.41) is 13.6. The number of carboxylic acids is 1. The van der Waals surface area contributed by atoms with E-state index in [1.165, 1.54) is 11.1 Å². The lowest BCUT2D eigenvalue weighted by Crippen LogP contribution is -2.29. The molecule has 1 saturated heterocycles. The van der Waals surface area contributed by atoms with Crippen molar-refractivity contribution in [3.8, 4) is 0 Å². The van der Waals surface area contributed by atoms with Crippen LogP contribution in [-0.4, -0.2) is 39.9 Å². The fraction of sp³-hybridized carbons (Fsp3) is 0.400. The second-order valence-electron chi connectivity index (χ2n) is 5.51. The number of piperidine rings is 1. The third kappa shape index (κ3) is 2.61. The molecule has 116 valence electrons. The Balaban J connectivity index is 2.07. The SMILES string of the molecule is NC(=O)c1nn(CC(=O)O)c2ccc(N3CCCCC3)cc12. The van der Waals surface area contributed by atoms with Crippen molar-refractivity contribution in [3.63, 3.8) is 0 Å². The van der Waals surface area contributed by atoms with Crippen LogP contribution in [0.15, 0.2) is 18.2 Å². The monoisotopic (exact) mass is 302 g/mol. The predicted octanol–water partition coefficient (Wildman–Crippen LogP) is 1.21. The summed E-state index contributed by atoms with van der Waals surface area (Å²) in [5.41, 5.74) is 7.12. The van der Waals surface area contributed by atoms with E-state index in [0.29, 0.717) is 10.9 Å². The minimum absolute atomic E-state index is 0.120. The molecule has 1 aliphatic rings. The molecule has 0 unspecified atom stereocenters. The first kappa shape index (κ1) is 14.4. The number of fused-ring (bicyclic) bond motifs is 1. The highest BCUT2D eigenvalue weighted by Crippen LogP contribution is 2.27. The van der Waals surface area contributed by atoms with Gasteiger partial charge in [-0.05, 0) is 37.5 Å². The summed E-state index contributed by atoms with van der Waals surface area (Å²) in [6, 6.07) is 5.63. The molecule has 7 heteroatoms. The van der Waals surface area contributed by atoms with Gasteiger partial charge in [0.25, 0.3) is 5.91 Å². The molecular formula is C15H18N4O3. The number of aromatic nitrogens is 2. The number of rotatable bonds is 4. The van der Waals surface area contributed by atoms with E-state index in [9.17, 15) is 9.59 Å².